The lowest BCUT2D eigenvalue weighted by molar-refractivity contribution is 0.0979. The Balaban J connectivity index is 0.000000161. The fourth-order valence-corrected chi connectivity index (χ4v) is 8.78. The second-order valence-corrected chi connectivity index (χ2v) is 15.2. The van der Waals surface area contributed by atoms with Crippen LogP contribution in [0.1, 0.15) is 74.2 Å². The number of nitrogens with zero attached hydrogens (tertiary/aromatic N) is 7. The molecule has 4 aromatic carbocycles. The average molecular weight is 805 g/mol. The number of fused-ring (bicyclic) bond motifs is 8. The number of anilines is 2. The molecule has 15 heteroatoms. The van der Waals surface area contributed by atoms with Crippen molar-refractivity contribution in [3.63, 3.8) is 0 Å². The van der Waals surface area contributed by atoms with Crippen molar-refractivity contribution in [3.05, 3.63) is 113 Å². The van der Waals surface area contributed by atoms with Gasteiger partial charge in [0, 0.05) is 90.7 Å². The van der Waals surface area contributed by atoms with Crippen molar-refractivity contribution in [2.75, 3.05) is 37.0 Å². The zero-order valence-electron chi connectivity index (χ0n) is 32.0. The minimum Gasteiger partial charge on any atom is -0.352 e. The van der Waals surface area contributed by atoms with Gasteiger partial charge in [-0.25, -0.2) is 4.98 Å². The van der Waals surface area contributed by atoms with Crippen LogP contribution in [-0.2, 0) is 12.8 Å². The molecule has 0 atom stereocenters. The molecule has 0 bridgehead atoms. The maximum absolute atomic E-state index is 13.2. The molecule has 0 aliphatic carbocycles. The predicted octanol–water partition coefficient (Wildman–Crippen LogP) is 10.3. The van der Waals surface area contributed by atoms with E-state index < -0.39 is 0 Å². The SMILES string of the molecule is C.CN=Nc1ccc2[nH]c(C(=O)N3CCc4c3ccc3[nH]c(C(C)=O)cc43)cc2c1.CN=Nc1nc2ccc(C(=O)N3CCc4c3ccc3[nH]c(C(C)=O)cc43)cc2s1. The number of carbonyl (C=O) groups is 4. The van der Waals surface area contributed by atoms with Crippen LogP contribution in [0.4, 0.5) is 22.2 Å². The molecule has 10 rings (SSSR count). The Morgan fingerprint density at radius 3 is 1.81 bits per heavy atom. The summed E-state index contributed by atoms with van der Waals surface area (Å²) in [6.07, 6.45) is 1.52. The summed E-state index contributed by atoms with van der Waals surface area (Å²) in [4.78, 5) is 67.4. The molecule has 6 heterocycles. The molecule has 14 nitrogen and oxygen atoms in total. The van der Waals surface area contributed by atoms with Crippen LogP contribution in [0.5, 0.6) is 0 Å². The van der Waals surface area contributed by atoms with Crippen LogP contribution in [0, 0.1) is 0 Å². The first-order valence-corrected chi connectivity index (χ1v) is 19.5. The monoisotopic (exact) mass is 804 g/mol. The lowest BCUT2D eigenvalue weighted by Crippen LogP contribution is -2.29. The fraction of sp³-hybridized carbons (Fsp3) is 0.205. The first-order valence-electron chi connectivity index (χ1n) is 18.7. The summed E-state index contributed by atoms with van der Waals surface area (Å²) in [5.74, 6) is -0.110. The van der Waals surface area contributed by atoms with Gasteiger partial charge in [-0.3, -0.25) is 19.2 Å². The summed E-state index contributed by atoms with van der Waals surface area (Å²) in [6.45, 7) is 4.32. The first kappa shape index (κ1) is 38.7. The molecule has 0 unspecified atom stereocenters. The van der Waals surface area contributed by atoms with Crippen LogP contribution in [0.15, 0.2) is 99.3 Å². The van der Waals surface area contributed by atoms with Gasteiger partial charge in [-0.2, -0.15) is 15.3 Å². The van der Waals surface area contributed by atoms with Gasteiger partial charge >= 0.3 is 0 Å². The number of H-pyrrole nitrogens is 3. The minimum absolute atomic E-state index is 0. The Bertz CT molecular complexity index is 2950. The van der Waals surface area contributed by atoms with E-state index in [1.165, 1.54) is 11.3 Å². The van der Waals surface area contributed by atoms with Gasteiger partial charge in [-0.15, -0.1) is 5.11 Å². The normalized spacial score (nSPS) is 13.4. The third-order valence-electron chi connectivity index (χ3n) is 10.6. The quantitative estimate of drug-likeness (QED) is 0.111. The number of hydrogen-bond acceptors (Lipinski definition) is 10. The molecule has 2 aliphatic rings. The number of carbonyl (C=O) groups excluding carboxylic acids is 4. The van der Waals surface area contributed by atoms with Crippen molar-refractivity contribution in [2.24, 2.45) is 20.5 Å². The molecule has 2 amide bonds. The van der Waals surface area contributed by atoms with E-state index in [0.29, 0.717) is 40.9 Å². The fourth-order valence-electron chi connectivity index (χ4n) is 7.91. The van der Waals surface area contributed by atoms with Gasteiger partial charge in [0.25, 0.3) is 11.8 Å². The van der Waals surface area contributed by atoms with Gasteiger partial charge in [0.2, 0.25) is 5.13 Å². The number of azo groups is 2. The number of Topliss-reactive ketones (excluding diaryl/α,β-unsaturated/α-hetero) is 2. The molecule has 8 aromatic rings. The summed E-state index contributed by atoms with van der Waals surface area (Å²) in [6, 6.07) is 24.6. The van der Waals surface area contributed by atoms with Crippen molar-refractivity contribution < 1.29 is 19.2 Å². The highest BCUT2D eigenvalue weighted by Gasteiger charge is 2.30. The Labute approximate surface area is 342 Å². The second-order valence-electron chi connectivity index (χ2n) is 14.2. The van der Waals surface area contributed by atoms with Gasteiger partial charge < -0.3 is 24.8 Å². The molecule has 3 N–H and O–H groups in total. The van der Waals surface area contributed by atoms with E-state index in [4.69, 9.17) is 0 Å². The molecule has 59 heavy (non-hydrogen) atoms. The summed E-state index contributed by atoms with van der Waals surface area (Å²) < 4.78 is 0.907. The van der Waals surface area contributed by atoms with E-state index in [0.717, 1.165) is 84.0 Å². The number of rotatable bonds is 6. The molecule has 4 aromatic heterocycles. The highest BCUT2D eigenvalue weighted by atomic mass is 32.1. The number of ketones is 2. The minimum atomic E-state index is -0.0692. The largest absolute Gasteiger partial charge is 0.352 e. The highest BCUT2D eigenvalue weighted by Crippen LogP contribution is 2.38. The summed E-state index contributed by atoms with van der Waals surface area (Å²) in [7, 11) is 3.23. The van der Waals surface area contributed by atoms with Crippen LogP contribution in [-0.4, -0.2) is 70.5 Å². The summed E-state index contributed by atoms with van der Waals surface area (Å²) in [5, 5.41) is 19.1. The van der Waals surface area contributed by atoms with E-state index in [1.54, 1.807) is 38.9 Å². The van der Waals surface area contributed by atoms with Crippen molar-refractivity contribution in [1.82, 2.24) is 19.9 Å². The lowest BCUT2D eigenvalue weighted by atomic mass is 10.1. The third kappa shape index (κ3) is 6.88. The molecule has 2 aliphatic heterocycles. The first-order chi connectivity index (χ1) is 28.1. The molecule has 0 radical (unpaired) electrons. The van der Waals surface area contributed by atoms with E-state index in [2.05, 4.69) is 40.4 Å². The number of benzene rings is 4. The van der Waals surface area contributed by atoms with E-state index in [9.17, 15) is 19.2 Å². The Morgan fingerprint density at radius 1 is 0.644 bits per heavy atom. The predicted molar refractivity (Wildman–Crippen MR) is 233 cm³/mol. The summed E-state index contributed by atoms with van der Waals surface area (Å²) >= 11 is 1.41. The summed E-state index contributed by atoms with van der Waals surface area (Å²) in [5.41, 5.74) is 10.6. The molecule has 0 saturated carbocycles. The van der Waals surface area contributed by atoms with E-state index >= 15 is 0 Å². The van der Waals surface area contributed by atoms with E-state index in [1.807, 2.05) is 77.7 Å². The van der Waals surface area contributed by atoms with E-state index in [-0.39, 0.29) is 30.8 Å². The number of aromatic amines is 3. The number of hydrogen-bond donors (Lipinski definition) is 3. The molecular formula is C44H40N10O4S. The van der Waals surface area contributed by atoms with Crippen LogP contribution < -0.4 is 9.80 Å². The van der Waals surface area contributed by atoms with Gasteiger partial charge in [-0.1, -0.05) is 18.8 Å². The smallest absolute Gasteiger partial charge is 0.274 e. The zero-order chi connectivity index (χ0) is 40.2. The van der Waals surface area contributed by atoms with Gasteiger partial charge in [0.15, 0.2) is 11.6 Å². The van der Waals surface area contributed by atoms with Crippen molar-refractivity contribution in [2.45, 2.75) is 34.1 Å². The number of amides is 2. The van der Waals surface area contributed by atoms with Gasteiger partial charge in [0.05, 0.1) is 27.3 Å². The molecule has 0 saturated heterocycles. The highest BCUT2D eigenvalue weighted by molar-refractivity contribution is 7.21. The maximum Gasteiger partial charge on any atom is 0.274 e. The molecule has 0 fully saturated rings. The average Bonchev–Trinajstić information content (AvgIpc) is 4.06. The van der Waals surface area contributed by atoms with Crippen LogP contribution in [0.3, 0.4) is 0 Å². The number of nitrogens with one attached hydrogen (secondary N) is 3. The number of thiazole rings is 1. The Kier molecular flexibility index (Phi) is 10.1. The van der Waals surface area contributed by atoms with Gasteiger partial charge in [-0.05, 0) is 103 Å². The van der Waals surface area contributed by atoms with Crippen LogP contribution in [0.25, 0.3) is 42.9 Å². The van der Waals surface area contributed by atoms with Crippen molar-refractivity contribution >= 4 is 99.8 Å². The van der Waals surface area contributed by atoms with Crippen LogP contribution in [0.2, 0.25) is 0 Å². The second kappa shape index (κ2) is 15.3. The Morgan fingerprint density at radius 2 is 1.22 bits per heavy atom. The standard InChI is InChI=1S/C22H19N5O2.C21H17N5O2S.CH4/c1-12(28)19-11-16-15-7-8-27(21(15)6-5-18(16)25-19)22(29)20-10-13-9-14(26-23-2)3-4-17(13)24-20;1-11(27)17-10-14-13-7-8-26(18(13)6-5-15(14)23-17)20(28)12-3-4-16-19(9-12)29-21(24-16)25-22-2;/h3-6,9-11,24-25H,7-8H2,1-2H3;3-6,9-10,23H,7-8H2,1-2H3;1H4. The molecule has 296 valence electrons. The zero-order valence-corrected chi connectivity index (χ0v) is 32.8. The lowest BCUT2D eigenvalue weighted by Gasteiger charge is -2.17. The number of aromatic nitrogens is 4. The van der Waals surface area contributed by atoms with Crippen LogP contribution >= 0.6 is 11.3 Å². The van der Waals surface area contributed by atoms with Gasteiger partial charge in [0.1, 0.15) is 5.69 Å². The van der Waals surface area contributed by atoms with Crippen molar-refractivity contribution in [1.29, 1.82) is 0 Å². The third-order valence-corrected chi connectivity index (χ3v) is 11.5. The topological polar surface area (TPSA) is 184 Å². The maximum atomic E-state index is 13.2. The van der Waals surface area contributed by atoms with Crippen molar-refractivity contribution in [3.8, 4) is 0 Å². The molecule has 0 spiro atoms. The Hall–Kier alpha value is -7.13. The molecular weight excluding hydrogens is 765 g/mol.